The van der Waals surface area contributed by atoms with Crippen molar-refractivity contribution in [3.05, 3.63) is 40.1 Å². The van der Waals surface area contributed by atoms with Crippen LogP contribution >= 0.6 is 22.9 Å². The first-order valence-electron chi connectivity index (χ1n) is 6.52. The zero-order chi connectivity index (χ0) is 14.5. The third-order valence-electron chi connectivity index (χ3n) is 2.96. The van der Waals surface area contributed by atoms with Crippen LogP contribution in [-0.2, 0) is 6.54 Å². The minimum atomic E-state index is -0.303. The van der Waals surface area contributed by atoms with E-state index < -0.39 is 0 Å². The molecule has 1 N–H and O–H groups in total. The summed E-state index contributed by atoms with van der Waals surface area (Å²) in [5, 5.41) is 4.57. The number of nitrogens with one attached hydrogen (secondary N) is 1. The lowest BCUT2D eigenvalue weighted by molar-refractivity contribution is 0.630. The van der Waals surface area contributed by atoms with Crippen LogP contribution in [0.4, 0.5) is 15.2 Å². The molecule has 2 rings (SSSR count). The second kappa shape index (κ2) is 6.90. The lowest BCUT2D eigenvalue weighted by Crippen LogP contribution is -2.21. The van der Waals surface area contributed by atoms with Crippen molar-refractivity contribution in [2.45, 2.75) is 20.4 Å². The van der Waals surface area contributed by atoms with Gasteiger partial charge >= 0.3 is 0 Å². The Morgan fingerprint density at radius 2 is 2.10 bits per heavy atom. The number of aromatic nitrogens is 1. The van der Waals surface area contributed by atoms with E-state index in [9.17, 15) is 4.39 Å². The SMILES string of the molecule is CCN(CC)c1ncc(CNc2cc(Cl)ccc2F)s1. The average Bonchev–Trinajstić information content (AvgIpc) is 2.90. The summed E-state index contributed by atoms with van der Waals surface area (Å²) in [6, 6.07) is 4.48. The first-order valence-corrected chi connectivity index (χ1v) is 7.72. The molecule has 0 bridgehead atoms. The molecule has 0 unspecified atom stereocenters. The molecule has 0 saturated heterocycles. The summed E-state index contributed by atoms with van der Waals surface area (Å²) in [4.78, 5) is 7.65. The predicted octanol–water partition coefficient (Wildman–Crippen LogP) is 4.39. The molecule has 0 aliphatic heterocycles. The molecule has 108 valence electrons. The summed E-state index contributed by atoms with van der Waals surface area (Å²) < 4.78 is 13.6. The molecule has 0 saturated carbocycles. The van der Waals surface area contributed by atoms with Crippen LogP contribution in [0.3, 0.4) is 0 Å². The highest BCUT2D eigenvalue weighted by Gasteiger charge is 2.08. The summed E-state index contributed by atoms with van der Waals surface area (Å²) in [7, 11) is 0. The van der Waals surface area contributed by atoms with Gasteiger partial charge in [0.2, 0.25) is 0 Å². The van der Waals surface area contributed by atoms with Crippen LogP contribution in [0.25, 0.3) is 0 Å². The van der Waals surface area contributed by atoms with Gasteiger partial charge in [0.15, 0.2) is 5.13 Å². The van der Waals surface area contributed by atoms with Crippen molar-refractivity contribution < 1.29 is 4.39 Å². The van der Waals surface area contributed by atoms with E-state index in [2.05, 4.69) is 29.0 Å². The average molecular weight is 314 g/mol. The zero-order valence-electron chi connectivity index (χ0n) is 11.5. The van der Waals surface area contributed by atoms with E-state index in [1.165, 1.54) is 12.1 Å². The van der Waals surface area contributed by atoms with Gasteiger partial charge < -0.3 is 10.2 Å². The quantitative estimate of drug-likeness (QED) is 0.857. The van der Waals surface area contributed by atoms with E-state index in [1.807, 2.05) is 6.20 Å². The third kappa shape index (κ3) is 3.61. The summed E-state index contributed by atoms with van der Waals surface area (Å²) in [6.45, 7) is 6.60. The maximum Gasteiger partial charge on any atom is 0.185 e. The van der Waals surface area contributed by atoms with Crippen LogP contribution in [0.15, 0.2) is 24.4 Å². The van der Waals surface area contributed by atoms with E-state index in [1.54, 1.807) is 17.4 Å². The first-order chi connectivity index (χ1) is 9.63. The van der Waals surface area contributed by atoms with Gasteiger partial charge in [-0.05, 0) is 32.0 Å². The van der Waals surface area contributed by atoms with Crippen LogP contribution in [0, 0.1) is 5.82 Å². The number of thiazole rings is 1. The lowest BCUT2D eigenvalue weighted by atomic mass is 10.3. The van der Waals surface area contributed by atoms with Gasteiger partial charge in [0, 0.05) is 29.2 Å². The van der Waals surface area contributed by atoms with Crippen molar-refractivity contribution in [3.63, 3.8) is 0 Å². The van der Waals surface area contributed by atoms with Crippen molar-refractivity contribution >= 4 is 33.8 Å². The van der Waals surface area contributed by atoms with Crippen molar-refractivity contribution in [1.29, 1.82) is 0 Å². The highest BCUT2D eigenvalue weighted by Crippen LogP contribution is 2.24. The summed E-state index contributed by atoms with van der Waals surface area (Å²) in [5.41, 5.74) is 0.412. The molecule has 0 fully saturated rings. The topological polar surface area (TPSA) is 28.2 Å². The monoisotopic (exact) mass is 313 g/mol. The number of nitrogens with zero attached hydrogens (tertiary/aromatic N) is 2. The minimum absolute atomic E-state index is 0.303. The lowest BCUT2D eigenvalue weighted by Gasteiger charge is -2.16. The Hall–Kier alpha value is -1.33. The fourth-order valence-electron chi connectivity index (χ4n) is 1.83. The highest BCUT2D eigenvalue weighted by molar-refractivity contribution is 7.15. The van der Waals surface area contributed by atoms with Gasteiger partial charge in [0.1, 0.15) is 5.82 Å². The number of hydrogen-bond donors (Lipinski definition) is 1. The molecule has 0 aliphatic rings. The van der Waals surface area contributed by atoms with E-state index in [4.69, 9.17) is 11.6 Å². The Morgan fingerprint density at radius 1 is 1.35 bits per heavy atom. The Bertz CT molecular complexity index is 569. The second-order valence-electron chi connectivity index (χ2n) is 4.26. The van der Waals surface area contributed by atoms with Crippen LogP contribution in [0.5, 0.6) is 0 Å². The van der Waals surface area contributed by atoms with Gasteiger partial charge in [-0.3, -0.25) is 0 Å². The smallest absolute Gasteiger partial charge is 0.185 e. The second-order valence-corrected chi connectivity index (χ2v) is 5.79. The molecule has 1 aromatic carbocycles. The third-order valence-corrected chi connectivity index (χ3v) is 4.25. The summed E-state index contributed by atoms with van der Waals surface area (Å²) in [6.07, 6.45) is 1.83. The van der Waals surface area contributed by atoms with Crippen molar-refractivity contribution in [1.82, 2.24) is 4.98 Å². The summed E-state index contributed by atoms with van der Waals surface area (Å²) in [5.74, 6) is -0.303. The molecular weight excluding hydrogens is 297 g/mol. The van der Waals surface area contributed by atoms with Gasteiger partial charge in [0.05, 0.1) is 12.2 Å². The van der Waals surface area contributed by atoms with Crippen LogP contribution in [-0.4, -0.2) is 18.1 Å². The fraction of sp³-hybridized carbons (Fsp3) is 0.357. The number of halogens is 2. The maximum absolute atomic E-state index is 13.6. The van der Waals surface area contributed by atoms with Gasteiger partial charge in [-0.1, -0.05) is 11.6 Å². The molecule has 0 aliphatic carbocycles. The van der Waals surface area contributed by atoms with Crippen LogP contribution < -0.4 is 10.2 Å². The predicted molar refractivity (Wildman–Crippen MR) is 84.4 cm³/mol. The molecule has 6 heteroatoms. The molecule has 2 aromatic rings. The highest BCUT2D eigenvalue weighted by atomic mass is 35.5. The van der Waals surface area contributed by atoms with E-state index in [-0.39, 0.29) is 5.82 Å². The molecule has 1 aromatic heterocycles. The van der Waals surface area contributed by atoms with Crippen LogP contribution in [0.2, 0.25) is 5.02 Å². The first kappa shape index (κ1) is 15.1. The molecule has 0 atom stereocenters. The molecule has 0 amide bonds. The fourth-order valence-corrected chi connectivity index (χ4v) is 2.98. The number of benzene rings is 1. The van der Waals surface area contributed by atoms with Crippen molar-refractivity contribution in [2.75, 3.05) is 23.3 Å². The van der Waals surface area contributed by atoms with Crippen molar-refractivity contribution in [3.8, 4) is 0 Å². The van der Waals surface area contributed by atoms with Crippen molar-refractivity contribution in [2.24, 2.45) is 0 Å². The number of hydrogen-bond acceptors (Lipinski definition) is 4. The minimum Gasteiger partial charge on any atom is -0.378 e. The van der Waals surface area contributed by atoms with Crippen LogP contribution in [0.1, 0.15) is 18.7 Å². The van der Waals surface area contributed by atoms with Gasteiger partial charge in [-0.25, -0.2) is 9.37 Å². The molecular formula is C14H17ClFN3S. The Labute approximate surface area is 127 Å². The van der Waals surface area contributed by atoms with E-state index in [0.29, 0.717) is 17.3 Å². The number of anilines is 2. The van der Waals surface area contributed by atoms with E-state index in [0.717, 1.165) is 23.1 Å². The normalized spacial score (nSPS) is 10.6. The molecule has 0 radical (unpaired) electrons. The largest absolute Gasteiger partial charge is 0.378 e. The van der Waals surface area contributed by atoms with Gasteiger partial charge in [-0.15, -0.1) is 11.3 Å². The zero-order valence-corrected chi connectivity index (χ0v) is 13.1. The Balaban J connectivity index is 2.02. The standard InChI is InChI=1S/C14H17ClFN3S/c1-3-19(4-2)14-18-9-11(20-14)8-17-13-7-10(15)5-6-12(13)16/h5-7,9,17H,3-4,8H2,1-2H3. The molecule has 1 heterocycles. The van der Waals surface area contributed by atoms with Gasteiger partial charge in [-0.2, -0.15) is 0 Å². The molecule has 3 nitrogen and oxygen atoms in total. The summed E-state index contributed by atoms with van der Waals surface area (Å²) >= 11 is 7.48. The van der Waals surface area contributed by atoms with E-state index >= 15 is 0 Å². The maximum atomic E-state index is 13.6. The molecule has 20 heavy (non-hydrogen) atoms. The Kier molecular flexibility index (Phi) is 5.20. The molecule has 0 spiro atoms. The number of rotatable bonds is 6. The van der Waals surface area contributed by atoms with Gasteiger partial charge in [0.25, 0.3) is 0 Å². The Morgan fingerprint density at radius 3 is 2.80 bits per heavy atom.